The molecule has 3 aromatic heterocycles. The Balaban J connectivity index is 2.02. The maximum Gasteiger partial charge on any atom is 0.332 e. The summed E-state index contributed by atoms with van der Waals surface area (Å²) in [6.45, 7) is 2.07. The van der Waals surface area contributed by atoms with Crippen LogP contribution in [0.5, 0.6) is 0 Å². The van der Waals surface area contributed by atoms with E-state index in [0.717, 1.165) is 10.3 Å². The summed E-state index contributed by atoms with van der Waals surface area (Å²) in [5, 5.41) is 2.91. The first-order chi connectivity index (χ1) is 11.9. The van der Waals surface area contributed by atoms with Crippen molar-refractivity contribution in [1.82, 2.24) is 19.4 Å². The summed E-state index contributed by atoms with van der Waals surface area (Å²) in [5.74, 6) is 0.368. The number of nitrogens with one attached hydrogen (secondary N) is 1. The van der Waals surface area contributed by atoms with Gasteiger partial charge in [0.1, 0.15) is 11.4 Å². The van der Waals surface area contributed by atoms with Gasteiger partial charge in [0.25, 0.3) is 11.5 Å². The minimum Gasteiger partial charge on any atom is -0.469 e. The van der Waals surface area contributed by atoms with E-state index in [4.69, 9.17) is 4.42 Å². The van der Waals surface area contributed by atoms with Crippen LogP contribution < -0.4 is 16.6 Å². The molecule has 0 radical (unpaired) electrons. The first-order valence-electron chi connectivity index (χ1n) is 7.78. The molecule has 25 heavy (non-hydrogen) atoms. The van der Waals surface area contributed by atoms with E-state index < -0.39 is 17.2 Å². The molecule has 8 nitrogen and oxygen atoms in total. The molecule has 0 aliphatic rings. The van der Waals surface area contributed by atoms with Gasteiger partial charge >= 0.3 is 5.69 Å². The van der Waals surface area contributed by atoms with Gasteiger partial charge in [-0.05, 0) is 25.1 Å². The number of rotatable bonds is 4. The lowest BCUT2D eigenvalue weighted by molar-refractivity contribution is 0.0955. The van der Waals surface area contributed by atoms with Gasteiger partial charge in [0, 0.05) is 32.8 Å². The highest BCUT2D eigenvalue weighted by Crippen LogP contribution is 2.13. The van der Waals surface area contributed by atoms with Crippen molar-refractivity contribution in [2.24, 2.45) is 14.1 Å². The zero-order chi connectivity index (χ0) is 18.1. The van der Waals surface area contributed by atoms with Crippen molar-refractivity contribution in [3.05, 3.63) is 62.3 Å². The summed E-state index contributed by atoms with van der Waals surface area (Å²) in [5.41, 5.74) is -0.0732. The molecule has 3 aromatic rings. The van der Waals surface area contributed by atoms with Crippen LogP contribution in [-0.4, -0.2) is 26.6 Å². The standard InChI is InChI=1S/C17H18N4O4/c1-10-9-12(15(22)18-7-6-11-5-4-8-25-11)13-14(19-10)20(2)17(24)21(3)16(13)23/h4-5,8-9H,6-7H2,1-3H3,(H,18,22). The Morgan fingerprint density at radius 1 is 1.28 bits per heavy atom. The van der Waals surface area contributed by atoms with Gasteiger partial charge in [0.15, 0.2) is 0 Å². The second-order valence-electron chi connectivity index (χ2n) is 5.80. The third kappa shape index (κ3) is 2.98. The Bertz CT molecular complexity index is 1060. The lowest BCUT2D eigenvalue weighted by Gasteiger charge is -2.11. The zero-order valence-corrected chi connectivity index (χ0v) is 14.2. The van der Waals surface area contributed by atoms with E-state index in [0.29, 0.717) is 18.7 Å². The lowest BCUT2D eigenvalue weighted by atomic mass is 10.1. The van der Waals surface area contributed by atoms with Gasteiger partial charge in [-0.2, -0.15) is 0 Å². The minimum absolute atomic E-state index is 0.130. The van der Waals surface area contributed by atoms with E-state index in [1.807, 2.05) is 6.07 Å². The number of nitrogens with zero attached hydrogens (tertiary/aromatic N) is 3. The third-order valence-corrected chi connectivity index (χ3v) is 4.02. The smallest absolute Gasteiger partial charge is 0.332 e. The number of pyridine rings is 1. The Labute approximate surface area is 142 Å². The van der Waals surface area contributed by atoms with Crippen LogP contribution in [0, 0.1) is 6.92 Å². The van der Waals surface area contributed by atoms with Crippen molar-refractivity contribution < 1.29 is 9.21 Å². The Morgan fingerprint density at radius 3 is 2.72 bits per heavy atom. The molecule has 3 heterocycles. The third-order valence-electron chi connectivity index (χ3n) is 4.02. The Hall–Kier alpha value is -3.16. The summed E-state index contributed by atoms with van der Waals surface area (Å²) in [4.78, 5) is 41.4. The molecule has 0 saturated heterocycles. The fourth-order valence-electron chi connectivity index (χ4n) is 2.71. The monoisotopic (exact) mass is 342 g/mol. The van der Waals surface area contributed by atoms with Gasteiger partial charge < -0.3 is 9.73 Å². The predicted molar refractivity (Wildman–Crippen MR) is 91.7 cm³/mol. The quantitative estimate of drug-likeness (QED) is 0.745. The number of furan rings is 1. The van der Waals surface area contributed by atoms with Gasteiger partial charge in [-0.3, -0.25) is 18.7 Å². The van der Waals surface area contributed by atoms with E-state index in [-0.39, 0.29) is 16.6 Å². The molecule has 0 spiro atoms. The molecule has 0 aliphatic carbocycles. The Kier molecular flexibility index (Phi) is 4.26. The lowest BCUT2D eigenvalue weighted by Crippen LogP contribution is -2.38. The van der Waals surface area contributed by atoms with Crippen LogP contribution in [0.25, 0.3) is 11.0 Å². The van der Waals surface area contributed by atoms with Gasteiger partial charge in [-0.1, -0.05) is 0 Å². The van der Waals surface area contributed by atoms with Gasteiger partial charge in [-0.15, -0.1) is 0 Å². The van der Waals surface area contributed by atoms with Crippen LogP contribution in [0.2, 0.25) is 0 Å². The van der Waals surface area contributed by atoms with Crippen molar-refractivity contribution >= 4 is 16.9 Å². The summed E-state index contributed by atoms with van der Waals surface area (Å²) in [7, 11) is 2.90. The largest absolute Gasteiger partial charge is 0.469 e. The summed E-state index contributed by atoms with van der Waals surface area (Å²) in [6.07, 6.45) is 2.11. The maximum absolute atomic E-state index is 12.6. The zero-order valence-electron chi connectivity index (χ0n) is 14.2. The second-order valence-corrected chi connectivity index (χ2v) is 5.80. The molecular weight excluding hydrogens is 324 g/mol. The summed E-state index contributed by atoms with van der Waals surface area (Å²) >= 11 is 0. The van der Waals surface area contributed by atoms with E-state index >= 15 is 0 Å². The van der Waals surface area contributed by atoms with Crippen LogP contribution in [0.1, 0.15) is 21.8 Å². The molecule has 0 aliphatic heterocycles. The van der Waals surface area contributed by atoms with Crippen molar-refractivity contribution in [3.8, 4) is 0 Å². The van der Waals surface area contributed by atoms with Crippen LogP contribution in [0.15, 0.2) is 38.5 Å². The number of carbonyl (C=O) groups excluding carboxylic acids is 1. The van der Waals surface area contributed by atoms with Crippen LogP contribution >= 0.6 is 0 Å². The summed E-state index contributed by atoms with van der Waals surface area (Å²) in [6, 6.07) is 5.15. The second kappa shape index (κ2) is 6.39. The number of carbonyl (C=O) groups is 1. The van der Waals surface area contributed by atoms with Gasteiger partial charge in [-0.25, -0.2) is 9.78 Å². The van der Waals surface area contributed by atoms with Crippen molar-refractivity contribution in [2.45, 2.75) is 13.3 Å². The van der Waals surface area contributed by atoms with Crippen LogP contribution in [0.4, 0.5) is 0 Å². The average Bonchev–Trinajstić information content (AvgIpc) is 3.10. The molecule has 0 unspecified atom stereocenters. The number of hydrogen-bond acceptors (Lipinski definition) is 5. The molecule has 0 saturated carbocycles. The van der Waals surface area contributed by atoms with E-state index in [1.54, 1.807) is 25.3 Å². The SMILES string of the molecule is Cc1cc(C(=O)NCCc2ccco2)c2c(=O)n(C)c(=O)n(C)c2n1. The highest BCUT2D eigenvalue weighted by Gasteiger charge is 2.19. The van der Waals surface area contributed by atoms with Crippen LogP contribution in [-0.2, 0) is 20.5 Å². The number of aryl methyl sites for hydroxylation is 2. The molecule has 1 amide bonds. The first kappa shape index (κ1) is 16.7. The Morgan fingerprint density at radius 2 is 2.04 bits per heavy atom. The minimum atomic E-state index is -0.540. The fourth-order valence-corrected chi connectivity index (χ4v) is 2.71. The molecule has 0 atom stereocenters. The predicted octanol–water partition coefficient (Wildman–Crippen LogP) is 0.506. The van der Waals surface area contributed by atoms with Crippen molar-refractivity contribution in [3.63, 3.8) is 0 Å². The van der Waals surface area contributed by atoms with E-state index in [1.165, 1.54) is 18.7 Å². The highest BCUT2D eigenvalue weighted by atomic mass is 16.3. The number of amides is 1. The normalized spacial score (nSPS) is 11.0. The molecule has 1 N–H and O–H groups in total. The fraction of sp³-hybridized carbons (Fsp3) is 0.294. The van der Waals surface area contributed by atoms with E-state index in [9.17, 15) is 14.4 Å². The highest BCUT2D eigenvalue weighted by molar-refractivity contribution is 6.05. The topological polar surface area (TPSA) is 99.1 Å². The molecule has 0 fully saturated rings. The molecule has 8 heteroatoms. The molecule has 130 valence electrons. The van der Waals surface area contributed by atoms with Crippen LogP contribution in [0.3, 0.4) is 0 Å². The van der Waals surface area contributed by atoms with Crippen molar-refractivity contribution in [1.29, 1.82) is 0 Å². The van der Waals surface area contributed by atoms with Gasteiger partial charge in [0.05, 0.1) is 17.2 Å². The molecular formula is C17H18N4O4. The van der Waals surface area contributed by atoms with Crippen molar-refractivity contribution in [2.75, 3.05) is 6.54 Å². The number of aromatic nitrogens is 3. The van der Waals surface area contributed by atoms with E-state index in [2.05, 4.69) is 10.3 Å². The first-order valence-corrected chi connectivity index (χ1v) is 7.78. The molecule has 3 rings (SSSR count). The number of fused-ring (bicyclic) bond motifs is 1. The average molecular weight is 342 g/mol. The van der Waals surface area contributed by atoms with Gasteiger partial charge in [0.2, 0.25) is 0 Å². The summed E-state index contributed by atoms with van der Waals surface area (Å²) < 4.78 is 7.46. The molecule has 0 aromatic carbocycles. The molecule has 0 bridgehead atoms. The maximum atomic E-state index is 12.6. The number of hydrogen-bond donors (Lipinski definition) is 1.